The Kier molecular flexibility index (Phi) is 3.76. The third kappa shape index (κ3) is 2.67. The molecule has 14 heavy (non-hydrogen) atoms. The standard InChI is InChI=1S/C11H21FN2/c12-9-5-1-2-6-10(9)14-11-7-3-4-8-13-11/h9-11,13-14H,1-8H2. The fourth-order valence-corrected chi connectivity index (χ4v) is 2.53. The predicted octanol–water partition coefficient (Wildman–Crippen LogP) is 1.96. The molecule has 1 saturated carbocycles. The van der Waals surface area contributed by atoms with Crippen LogP contribution in [0.15, 0.2) is 0 Å². The summed E-state index contributed by atoms with van der Waals surface area (Å²) in [6, 6.07) is 0.111. The van der Waals surface area contributed by atoms with E-state index in [1.165, 1.54) is 19.3 Å². The van der Waals surface area contributed by atoms with Crippen LogP contribution < -0.4 is 10.6 Å². The molecule has 0 aromatic carbocycles. The zero-order valence-electron chi connectivity index (χ0n) is 8.77. The highest BCUT2D eigenvalue weighted by atomic mass is 19.1. The fourth-order valence-electron chi connectivity index (χ4n) is 2.53. The topological polar surface area (TPSA) is 24.1 Å². The molecule has 0 spiro atoms. The van der Waals surface area contributed by atoms with Gasteiger partial charge in [0.05, 0.1) is 6.17 Å². The lowest BCUT2D eigenvalue weighted by atomic mass is 9.93. The van der Waals surface area contributed by atoms with Gasteiger partial charge in [-0.05, 0) is 38.6 Å². The van der Waals surface area contributed by atoms with Gasteiger partial charge >= 0.3 is 0 Å². The Bertz CT molecular complexity index is 169. The van der Waals surface area contributed by atoms with E-state index in [1.54, 1.807) is 0 Å². The fraction of sp³-hybridized carbons (Fsp3) is 1.00. The maximum Gasteiger partial charge on any atom is 0.115 e. The van der Waals surface area contributed by atoms with Crippen molar-refractivity contribution in [2.45, 2.75) is 63.3 Å². The molecule has 1 saturated heterocycles. The number of nitrogens with one attached hydrogen (secondary N) is 2. The molecule has 2 aliphatic rings. The van der Waals surface area contributed by atoms with E-state index in [0.29, 0.717) is 6.17 Å². The summed E-state index contributed by atoms with van der Waals surface area (Å²) in [5.74, 6) is 0. The second-order valence-electron chi connectivity index (χ2n) is 4.58. The molecule has 0 bridgehead atoms. The van der Waals surface area contributed by atoms with Crippen molar-refractivity contribution < 1.29 is 4.39 Å². The molecule has 2 nitrogen and oxygen atoms in total. The second kappa shape index (κ2) is 5.08. The van der Waals surface area contributed by atoms with Crippen molar-refractivity contribution in [3.8, 4) is 0 Å². The third-order valence-electron chi connectivity index (χ3n) is 3.41. The van der Waals surface area contributed by atoms with Crippen LogP contribution in [0.5, 0.6) is 0 Å². The van der Waals surface area contributed by atoms with Crippen molar-refractivity contribution in [3.63, 3.8) is 0 Å². The van der Waals surface area contributed by atoms with E-state index in [4.69, 9.17) is 0 Å². The van der Waals surface area contributed by atoms with Crippen LogP contribution >= 0.6 is 0 Å². The zero-order valence-corrected chi connectivity index (χ0v) is 8.77. The number of piperidine rings is 1. The molecule has 0 amide bonds. The Balaban J connectivity index is 1.76. The Morgan fingerprint density at radius 1 is 1.00 bits per heavy atom. The van der Waals surface area contributed by atoms with Crippen LogP contribution in [0, 0.1) is 0 Å². The number of rotatable bonds is 2. The third-order valence-corrected chi connectivity index (χ3v) is 3.41. The van der Waals surface area contributed by atoms with Crippen molar-refractivity contribution in [1.29, 1.82) is 0 Å². The Morgan fingerprint density at radius 2 is 1.79 bits per heavy atom. The average Bonchev–Trinajstić information content (AvgIpc) is 2.23. The molecule has 2 N–H and O–H groups in total. The molecular weight excluding hydrogens is 179 g/mol. The number of hydrogen-bond acceptors (Lipinski definition) is 2. The van der Waals surface area contributed by atoms with Gasteiger partial charge in [-0.25, -0.2) is 4.39 Å². The summed E-state index contributed by atoms with van der Waals surface area (Å²) in [4.78, 5) is 0. The van der Waals surface area contributed by atoms with Crippen molar-refractivity contribution in [2.24, 2.45) is 0 Å². The minimum Gasteiger partial charge on any atom is -0.302 e. The molecule has 1 aliphatic carbocycles. The normalized spacial score (nSPS) is 39.6. The second-order valence-corrected chi connectivity index (χ2v) is 4.58. The van der Waals surface area contributed by atoms with Crippen LogP contribution in [0.1, 0.15) is 44.9 Å². The van der Waals surface area contributed by atoms with Crippen LogP contribution in [-0.2, 0) is 0 Å². The van der Waals surface area contributed by atoms with E-state index in [2.05, 4.69) is 10.6 Å². The maximum absolute atomic E-state index is 13.5. The van der Waals surface area contributed by atoms with Gasteiger partial charge in [-0.3, -0.25) is 5.32 Å². The molecule has 1 aliphatic heterocycles. The van der Waals surface area contributed by atoms with Gasteiger partial charge in [0.1, 0.15) is 6.17 Å². The molecular formula is C11H21FN2. The van der Waals surface area contributed by atoms with Gasteiger partial charge in [0.15, 0.2) is 0 Å². The van der Waals surface area contributed by atoms with Crippen molar-refractivity contribution >= 4 is 0 Å². The summed E-state index contributed by atoms with van der Waals surface area (Å²) in [5, 5.41) is 6.83. The first kappa shape index (κ1) is 10.4. The highest BCUT2D eigenvalue weighted by Gasteiger charge is 2.26. The van der Waals surface area contributed by atoms with Gasteiger partial charge in [-0.15, -0.1) is 0 Å². The first-order valence-electron chi connectivity index (χ1n) is 6.00. The first-order chi connectivity index (χ1) is 6.86. The van der Waals surface area contributed by atoms with Gasteiger partial charge < -0.3 is 5.32 Å². The summed E-state index contributed by atoms with van der Waals surface area (Å²) in [6.45, 7) is 1.08. The molecule has 3 unspecified atom stereocenters. The quantitative estimate of drug-likeness (QED) is 0.712. The molecule has 3 heteroatoms. The summed E-state index contributed by atoms with van der Waals surface area (Å²) >= 11 is 0. The van der Waals surface area contributed by atoms with E-state index in [0.717, 1.165) is 32.2 Å². The van der Waals surface area contributed by atoms with Crippen LogP contribution in [0.4, 0.5) is 4.39 Å². The van der Waals surface area contributed by atoms with E-state index >= 15 is 0 Å². The first-order valence-corrected chi connectivity index (χ1v) is 6.00. The van der Waals surface area contributed by atoms with Gasteiger partial charge in [0.2, 0.25) is 0 Å². The summed E-state index contributed by atoms with van der Waals surface area (Å²) in [5.41, 5.74) is 0. The van der Waals surface area contributed by atoms with Crippen molar-refractivity contribution in [1.82, 2.24) is 10.6 Å². The van der Waals surface area contributed by atoms with Crippen LogP contribution in [-0.4, -0.2) is 24.9 Å². The lowest BCUT2D eigenvalue weighted by Gasteiger charge is -2.33. The molecule has 2 rings (SSSR count). The smallest absolute Gasteiger partial charge is 0.115 e. The molecule has 3 atom stereocenters. The average molecular weight is 200 g/mol. The molecule has 2 fully saturated rings. The SMILES string of the molecule is FC1CCCCC1NC1CCCCN1. The van der Waals surface area contributed by atoms with Crippen LogP contribution in [0.2, 0.25) is 0 Å². The highest BCUT2D eigenvalue weighted by molar-refractivity contribution is 4.84. The number of alkyl halides is 1. The van der Waals surface area contributed by atoms with Gasteiger partial charge in [-0.1, -0.05) is 12.8 Å². The molecule has 1 heterocycles. The maximum atomic E-state index is 13.5. The zero-order chi connectivity index (χ0) is 9.80. The Labute approximate surface area is 85.6 Å². The van der Waals surface area contributed by atoms with Crippen molar-refractivity contribution in [2.75, 3.05) is 6.54 Å². The Morgan fingerprint density at radius 3 is 2.50 bits per heavy atom. The number of halogens is 1. The van der Waals surface area contributed by atoms with Crippen LogP contribution in [0.3, 0.4) is 0 Å². The minimum atomic E-state index is -0.618. The summed E-state index contributed by atoms with van der Waals surface area (Å²) in [6.07, 6.45) is 7.46. The monoisotopic (exact) mass is 200 g/mol. The predicted molar refractivity (Wildman–Crippen MR) is 55.9 cm³/mol. The van der Waals surface area contributed by atoms with E-state index in [1.807, 2.05) is 0 Å². The highest BCUT2D eigenvalue weighted by Crippen LogP contribution is 2.22. The molecule has 0 aromatic rings. The Hall–Kier alpha value is -0.150. The van der Waals surface area contributed by atoms with Gasteiger partial charge in [-0.2, -0.15) is 0 Å². The molecule has 82 valence electrons. The lowest BCUT2D eigenvalue weighted by Crippen LogP contribution is -2.53. The van der Waals surface area contributed by atoms with Gasteiger partial charge in [0.25, 0.3) is 0 Å². The van der Waals surface area contributed by atoms with Crippen LogP contribution in [0.25, 0.3) is 0 Å². The molecule has 0 aromatic heterocycles. The lowest BCUT2D eigenvalue weighted by molar-refractivity contribution is 0.163. The minimum absolute atomic E-state index is 0.111. The van der Waals surface area contributed by atoms with E-state index < -0.39 is 6.17 Å². The summed E-state index contributed by atoms with van der Waals surface area (Å²) < 4.78 is 13.5. The summed E-state index contributed by atoms with van der Waals surface area (Å²) in [7, 11) is 0. The largest absolute Gasteiger partial charge is 0.302 e. The molecule has 0 radical (unpaired) electrons. The van der Waals surface area contributed by atoms with E-state index in [9.17, 15) is 4.39 Å². The van der Waals surface area contributed by atoms with Gasteiger partial charge in [0, 0.05) is 6.04 Å². The number of hydrogen-bond donors (Lipinski definition) is 2. The van der Waals surface area contributed by atoms with Crippen molar-refractivity contribution in [3.05, 3.63) is 0 Å². The van der Waals surface area contributed by atoms with E-state index in [-0.39, 0.29) is 6.04 Å².